The van der Waals surface area contributed by atoms with Crippen molar-refractivity contribution in [3.63, 3.8) is 0 Å². The molecule has 1 fully saturated rings. The Balaban J connectivity index is 2.43. The van der Waals surface area contributed by atoms with Gasteiger partial charge < -0.3 is 5.32 Å². The highest BCUT2D eigenvalue weighted by Crippen LogP contribution is 2.30. The summed E-state index contributed by atoms with van der Waals surface area (Å²) in [6, 6.07) is 3.81. The number of hydrogen-bond acceptors (Lipinski definition) is 3. The van der Waals surface area contributed by atoms with Crippen LogP contribution in [0, 0.1) is 25.7 Å². The van der Waals surface area contributed by atoms with E-state index in [0.717, 1.165) is 16.7 Å². The maximum atomic E-state index is 12.9. The summed E-state index contributed by atoms with van der Waals surface area (Å²) in [5.74, 6) is 0.838. The first kappa shape index (κ1) is 16.5. The highest BCUT2D eigenvalue weighted by atomic mass is 32.2. The molecular weight excluding hydrogens is 284 g/mol. The van der Waals surface area contributed by atoms with Crippen LogP contribution < -0.4 is 5.32 Å². The van der Waals surface area contributed by atoms with Crippen molar-refractivity contribution in [2.75, 3.05) is 20.1 Å². The van der Waals surface area contributed by atoms with Gasteiger partial charge >= 0.3 is 0 Å². The zero-order chi connectivity index (χ0) is 15.8. The van der Waals surface area contributed by atoms with Crippen molar-refractivity contribution in [2.24, 2.45) is 11.8 Å². The van der Waals surface area contributed by atoms with Crippen LogP contribution in [0.4, 0.5) is 0 Å². The van der Waals surface area contributed by atoms with Gasteiger partial charge in [0.2, 0.25) is 10.0 Å². The molecule has 2 atom stereocenters. The number of aryl methyl sites for hydroxylation is 2. The van der Waals surface area contributed by atoms with Gasteiger partial charge in [-0.2, -0.15) is 4.31 Å². The molecule has 2 rings (SSSR count). The molecule has 0 bridgehead atoms. The first-order valence-electron chi connectivity index (χ1n) is 7.52. The normalized spacial score (nSPS) is 23.7. The van der Waals surface area contributed by atoms with E-state index in [9.17, 15) is 8.42 Å². The Morgan fingerprint density at radius 2 is 1.71 bits per heavy atom. The minimum absolute atomic E-state index is 0.419. The molecule has 118 valence electrons. The van der Waals surface area contributed by atoms with E-state index in [4.69, 9.17) is 0 Å². The van der Waals surface area contributed by atoms with Crippen molar-refractivity contribution in [2.45, 2.75) is 39.1 Å². The minimum Gasteiger partial charge on any atom is -0.316 e. The molecule has 4 nitrogen and oxygen atoms in total. The minimum atomic E-state index is -3.39. The van der Waals surface area contributed by atoms with Crippen LogP contribution in [-0.4, -0.2) is 32.9 Å². The first-order valence-corrected chi connectivity index (χ1v) is 8.96. The fraction of sp³-hybridized carbons (Fsp3) is 0.625. The fourth-order valence-corrected chi connectivity index (χ4v) is 4.84. The van der Waals surface area contributed by atoms with Gasteiger partial charge in [-0.3, -0.25) is 0 Å². The second-order valence-electron chi connectivity index (χ2n) is 6.35. The van der Waals surface area contributed by atoms with Gasteiger partial charge in [0, 0.05) is 19.6 Å². The molecule has 1 N–H and O–H groups in total. The van der Waals surface area contributed by atoms with E-state index >= 15 is 0 Å². The van der Waals surface area contributed by atoms with Crippen molar-refractivity contribution >= 4 is 10.0 Å². The van der Waals surface area contributed by atoms with E-state index in [1.165, 1.54) is 0 Å². The van der Waals surface area contributed by atoms with Gasteiger partial charge in [0.05, 0.1) is 4.90 Å². The summed E-state index contributed by atoms with van der Waals surface area (Å²) in [6.07, 6.45) is 0. The first-order chi connectivity index (χ1) is 9.77. The average molecular weight is 310 g/mol. The van der Waals surface area contributed by atoms with E-state index in [1.54, 1.807) is 4.31 Å². The van der Waals surface area contributed by atoms with Gasteiger partial charge in [-0.1, -0.05) is 19.9 Å². The highest BCUT2D eigenvalue weighted by Gasteiger charge is 2.35. The average Bonchev–Trinajstić information content (AvgIpc) is 2.73. The van der Waals surface area contributed by atoms with Crippen molar-refractivity contribution in [3.8, 4) is 0 Å². The zero-order valence-electron chi connectivity index (χ0n) is 13.6. The summed E-state index contributed by atoms with van der Waals surface area (Å²) >= 11 is 0. The molecule has 0 aliphatic carbocycles. The second-order valence-corrected chi connectivity index (χ2v) is 8.26. The maximum absolute atomic E-state index is 12.9. The van der Waals surface area contributed by atoms with Crippen LogP contribution in [0.2, 0.25) is 0 Å². The molecule has 1 aromatic rings. The molecular formula is C16H26N2O2S. The number of hydrogen-bond donors (Lipinski definition) is 1. The monoisotopic (exact) mass is 310 g/mol. The Kier molecular flexibility index (Phi) is 4.76. The summed E-state index contributed by atoms with van der Waals surface area (Å²) in [6.45, 7) is 10.1. The number of sulfonamides is 1. The molecule has 0 radical (unpaired) electrons. The highest BCUT2D eigenvalue weighted by molar-refractivity contribution is 7.89. The number of nitrogens with zero attached hydrogens (tertiary/aromatic N) is 1. The Hall–Kier alpha value is -0.910. The summed E-state index contributed by atoms with van der Waals surface area (Å²) in [7, 11) is -1.51. The van der Waals surface area contributed by atoms with E-state index < -0.39 is 10.0 Å². The van der Waals surface area contributed by atoms with Crippen molar-refractivity contribution in [1.82, 2.24) is 9.62 Å². The molecule has 1 aliphatic heterocycles. The Labute approximate surface area is 128 Å². The van der Waals surface area contributed by atoms with Crippen molar-refractivity contribution in [3.05, 3.63) is 28.8 Å². The van der Waals surface area contributed by atoms with Gasteiger partial charge in [0.1, 0.15) is 0 Å². The summed E-state index contributed by atoms with van der Waals surface area (Å²) in [5, 5.41) is 3.10. The lowest BCUT2D eigenvalue weighted by atomic mass is 10.0. The lowest BCUT2D eigenvalue weighted by Crippen LogP contribution is -2.30. The van der Waals surface area contributed by atoms with Gasteiger partial charge in [0.25, 0.3) is 0 Å². The molecule has 5 heteroatoms. The molecule has 21 heavy (non-hydrogen) atoms. The van der Waals surface area contributed by atoms with E-state index in [1.807, 2.05) is 33.0 Å². The van der Waals surface area contributed by atoms with Crippen LogP contribution in [0.1, 0.15) is 30.5 Å². The molecule has 0 amide bonds. The third-order valence-corrected chi connectivity index (χ3v) is 6.55. The third kappa shape index (κ3) is 3.15. The standard InChI is InChI=1S/C16H26N2O2S/c1-11-6-12(2)16(7-15(11)8-17-5)21(19,20)18-9-13(3)14(4)10-18/h6-7,13-14,17H,8-10H2,1-5H3. The lowest BCUT2D eigenvalue weighted by Gasteiger charge is -2.19. The molecule has 1 saturated heterocycles. The van der Waals surface area contributed by atoms with Crippen molar-refractivity contribution < 1.29 is 8.42 Å². The maximum Gasteiger partial charge on any atom is 0.243 e. The van der Waals surface area contributed by atoms with Crippen LogP contribution in [0.15, 0.2) is 17.0 Å². The van der Waals surface area contributed by atoms with Crippen LogP contribution >= 0.6 is 0 Å². The molecule has 0 saturated carbocycles. The molecule has 1 aliphatic rings. The largest absolute Gasteiger partial charge is 0.316 e. The summed E-state index contributed by atoms with van der Waals surface area (Å²) in [4.78, 5) is 0.458. The Morgan fingerprint density at radius 3 is 2.24 bits per heavy atom. The van der Waals surface area contributed by atoms with E-state index in [2.05, 4.69) is 19.2 Å². The predicted molar refractivity (Wildman–Crippen MR) is 85.8 cm³/mol. The molecule has 1 heterocycles. The Bertz CT molecular complexity index is 615. The summed E-state index contributed by atoms with van der Waals surface area (Å²) < 4.78 is 27.5. The Morgan fingerprint density at radius 1 is 1.14 bits per heavy atom. The van der Waals surface area contributed by atoms with E-state index in [0.29, 0.717) is 36.4 Å². The predicted octanol–water partition coefficient (Wildman–Crippen LogP) is 2.30. The zero-order valence-corrected chi connectivity index (χ0v) is 14.4. The van der Waals surface area contributed by atoms with Crippen LogP contribution in [0.25, 0.3) is 0 Å². The van der Waals surface area contributed by atoms with Gasteiger partial charge in [-0.05, 0) is 55.5 Å². The van der Waals surface area contributed by atoms with Gasteiger partial charge in [-0.25, -0.2) is 8.42 Å². The quantitative estimate of drug-likeness (QED) is 0.928. The lowest BCUT2D eigenvalue weighted by molar-refractivity contribution is 0.462. The van der Waals surface area contributed by atoms with Crippen LogP contribution in [0.5, 0.6) is 0 Å². The molecule has 0 aromatic heterocycles. The third-order valence-electron chi connectivity index (χ3n) is 4.57. The van der Waals surface area contributed by atoms with Crippen LogP contribution in [-0.2, 0) is 16.6 Å². The molecule has 2 unspecified atom stereocenters. The summed E-state index contributed by atoms with van der Waals surface area (Å²) in [5.41, 5.74) is 3.01. The smallest absolute Gasteiger partial charge is 0.243 e. The molecule has 1 aromatic carbocycles. The van der Waals surface area contributed by atoms with E-state index in [-0.39, 0.29) is 0 Å². The molecule has 0 spiro atoms. The van der Waals surface area contributed by atoms with Gasteiger partial charge in [0.15, 0.2) is 0 Å². The van der Waals surface area contributed by atoms with Crippen molar-refractivity contribution in [1.29, 1.82) is 0 Å². The van der Waals surface area contributed by atoms with Gasteiger partial charge in [-0.15, -0.1) is 0 Å². The SMILES string of the molecule is CNCc1cc(S(=O)(=O)N2CC(C)C(C)C2)c(C)cc1C. The second kappa shape index (κ2) is 6.07. The topological polar surface area (TPSA) is 49.4 Å². The number of benzene rings is 1. The number of nitrogens with one attached hydrogen (secondary N) is 1. The number of rotatable bonds is 4. The van der Waals surface area contributed by atoms with Crippen LogP contribution in [0.3, 0.4) is 0 Å². The fourth-order valence-electron chi connectivity index (χ4n) is 2.95.